The van der Waals surface area contributed by atoms with Gasteiger partial charge in [0.15, 0.2) is 5.78 Å². The molecule has 1 heterocycles. The monoisotopic (exact) mass is 229 g/mol. The summed E-state index contributed by atoms with van der Waals surface area (Å²) in [6, 6.07) is 1.78. The normalized spacial score (nSPS) is 18.1. The highest BCUT2D eigenvalue weighted by Gasteiger charge is 2.30. The number of carbonyl (C=O) groups is 1. The van der Waals surface area contributed by atoms with E-state index in [2.05, 4.69) is 0 Å². The molecule has 0 saturated heterocycles. The van der Waals surface area contributed by atoms with E-state index in [4.69, 9.17) is 17.3 Å². The van der Waals surface area contributed by atoms with Gasteiger partial charge < -0.3 is 5.73 Å². The summed E-state index contributed by atoms with van der Waals surface area (Å²) < 4.78 is 0. The molecule has 1 fully saturated rings. The largest absolute Gasteiger partial charge is 0.327 e. The summed E-state index contributed by atoms with van der Waals surface area (Å²) in [5.74, 6) is 0.655. The highest BCUT2D eigenvalue weighted by atomic mass is 35.5. The first-order chi connectivity index (χ1) is 6.68. The minimum absolute atomic E-state index is 0.0284. The van der Waals surface area contributed by atoms with Gasteiger partial charge in [0.1, 0.15) is 0 Å². The van der Waals surface area contributed by atoms with Crippen LogP contribution in [-0.4, -0.2) is 11.8 Å². The zero-order chi connectivity index (χ0) is 10.1. The van der Waals surface area contributed by atoms with Crippen LogP contribution in [-0.2, 0) is 0 Å². The second-order valence-electron chi connectivity index (χ2n) is 3.73. The molecule has 0 bridgehead atoms. The first kappa shape index (κ1) is 10.1. The third kappa shape index (κ3) is 2.16. The third-order valence-electron chi connectivity index (χ3n) is 2.52. The van der Waals surface area contributed by atoms with Gasteiger partial charge in [-0.05, 0) is 30.2 Å². The van der Waals surface area contributed by atoms with Crippen molar-refractivity contribution in [1.82, 2.24) is 0 Å². The maximum absolute atomic E-state index is 11.7. The van der Waals surface area contributed by atoms with Gasteiger partial charge in [-0.3, -0.25) is 4.79 Å². The summed E-state index contributed by atoms with van der Waals surface area (Å²) in [4.78, 5) is 12.4. The fraction of sp³-hybridized carbons (Fsp3) is 0.500. The Morgan fingerprint density at radius 2 is 2.43 bits per heavy atom. The first-order valence-electron chi connectivity index (χ1n) is 4.70. The Morgan fingerprint density at radius 3 is 2.93 bits per heavy atom. The smallest absolute Gasteiger partial charge is 0.175 e. The van der Waals surface area contributed by atoms with Gasteiger partial charge in [0.25, 0.3) is 0 Å². The predicted molar refractivity (Wildman–Crippen MR) is 59.0 cm³/mol. The molecular weight excluding hydrogens is 218 g/mol. The van der Waals surface area contributed by atoms with Crippen LogP contribution < -0.4 is 5.73 Å². The topological polar surface area (TPSA) is 43.1 Å². The highest BCUT2D eigenvalue weighted by Crippen LogP contribution is 2.34. The quantitative estimate of drug-likeness (QED) is 0.807. The van der Waals surface area contributed by atoms with E-state index in [1.807, 2.05) is 5.38 Å². The molecule has 0 radical (unpaired) electrons. The number of hydrogen-bond donors (Lipinski definition) is 1. The van der Waals surface area contributed by atoms with Crippen molar-refractivity contribution >= 4 is 28.7 Å². The standard InChI is InChI=1S/C10H12ClNOS/c11-7-3-4-14-10(7)9(13)5-8(12)6-1-2-6/h3-4,6,8H,1-2,5,12H2. The van der Waals surface area contributed by atoms with Crippen molar-refractivity contribution in [3.8, 4) is 0 Å². The van der Waals surface area contributed by atoms with E-state index in [1.54, 1.807) is 6.07 Å². The van der Waals surface area contributed by atoms with Crippen molar-refractivity contribution in [3.63, 3.8) is 0 Å². The van der Waals surface area contributed by atoms with Crippen LogP contribution in [0.1, 0.15) is 28.9 Å². The van der Waals surface area contributed by atoms with Crippen LogP contribution in [0.15, 0.2) is 11.4 Å². The average Bonchev–Trinajstić information content (AvgIpc) is 2.89. The molecule has 14 heavy (non-hydrogen) atoms. The van der Waals surface area contributed by atoms with Crippen molar-refractivity contribution < 1.29 is 4.79 Å². The van der Waals surface area contributed by atoms with Gasteiger partial charge >= 0.3 is 0 Å². The third-order valence-corrected chi connectivity index (χ3v) is 3.90. The molecule has 76 valence electrons. The minimum atomic E-state index is 0.0284. The van der Waals surface area contributed by atoms with Crippen molar-refractivity contribution in [2.24, 2.45) is 11.7 Å². The maximum atomic E-state index is 11.7. The van der Waals surface area contributed by atoms with Gasteiger partial charge in [-0.2, -0.15) is 0 Å². The molecule has 2 rings (SSSR count). The fourth-order valence-corrected chi connectivity index (χ4v) is 2.60. The molecule has 1 aromatic heterocycles. The average molecular weight is 230 g/mol. The van der Waals surface area contributed by atoms with Gasteiger partial charge in [-0.1, -0.05) is 11.6 Å². The van der Waals surface area contributed by atoms with Crippen LogP contribution in [0.2, 0.25) is 5.02 Å². The minimum Gasteiger partial charge on any atom is -0.327 e. The summed E-state index contributed by atoms with van der Waals surface area (Å²) in [6.07, 6.45) is 2.78. The van der Waals surface area contributed by atoms with Crippen LogP contribution in [0.25, 0.3) is 0 Å². The molecule has 0 spiro atoms. The van der Waals surface area contributed by atoms with Crippen molar-refractivity contribution in [3.05, 3.63) is 21.3 Å². The zero-order valence-corrected chi connectivity index (χ0v) is 9.27. The van der Waals surface area contributed by atoms with Crippen molar-refractivity contribution in [2.75, 3.05) is 0 Å². The van der Waals surface area contributed by atoms with E-state index in [0.29, 0.717) is 22.2 Å². The molecule has 2 nitrogen and oxygen atoms in total. The lowest BCUT2D eigenvalue weighted by atomic mass is 10.1. The van der Waals surface area contributed by atoms with Crippen LogP contribution in [0.3, 0.4) is 0 Å². The summed E-state index contributed by atoms with van der Waals surface area (Å²) in [6.45, 7) is 0. The van der Waals surface area contributed by atoms with Gasteiger partial charge in [0.05, 0.1) is 9.90 Å². The molecule has 2 N–H and O–H groups in total. The first-order valence-corrected chi connectivity index (χ1v) is 5.96. The molecule has 1 unspecified atom stereocenters. The van der Waals surface area contributed by atoms with E-state index in [-0.39, 0.29) is 11.8 Å². The summed E-state index contributed by atoms with van der Waals surface area (Å²) in [5.41, 5.74) is 5.88. The maximum Gasteiger partial charge on any atom is 0.175 e. The Labute approximate surface area is 92.1 Å². The number of Topliss-reactive ketones (excluding diaryl/α,β-unsaturated/α-hetero) is 1. The van der Waals surface area contributed by atoms with Crippen LogP contribution >= 0.6 is 22.9 Å². The zero-order valence-electron chi connectivity index (χ0n) is 7.70. The lowest BCUT2D eigenvalue weighted by Crippen LogP contribution is -2.25. The van der Waals surface area contributed by atoms with Crippen LogP contribution in [0.5, 0.6) is 0 Å². The number of thiophene rings is 1. The van der Waals surface area contributed by atoms with Gasteiger partial charge in [0.2, 0.25) is 0 Å². The van der Waals surface area contributed by atoms with E-state index < -0.39 is 0 Å². The molecule has 0 aliphatic heterocycles. The predicted octanol–water partition coefficient (Wildman–Crippen LogP) is 2.71. The number of hydrogen-bond acceptors (Lipinski definition) is 3. The molecule has 1 aliphatic carbocycles. The molecule has 0 amide bonds. The Kier molecular flexibility index (Phi) is 2.91. The van der Waals surface area contributed by atoms with E-state index in [9.17, 15) is 4.79 Å². The van der Waals surface area contributed by atoms with E-state index in [1.165, 1.54) is 24.2 Å². The van der Waals surface area contributed by atoms with Gasteiger partial charge in [0, 0.05) is 12.5 Å². The van der Waals surface area contributed by atoms with Gasteiger partial charge in [-0.25, -0.2) is 0 Å². The molecule has 0 aromatic carbocycles. The number of ketones is 1. The second kappa shape index (κ2) is 4.01. The number of nitrogens with two attached hydrogens (primary N) is 1. The molecular formula is C10H12ClNOS. The van der Waals surface area contributed by atoms with Gasteiger partial charge in [-0.15, -0.1) is 11.3 Å². The summed E-state index contributed by atoms with van der Waals surface area (Å²) in [7, 11) is 0. The van der Waals surface area contributed by atoms with E-state index in [0.717, 1.165) is 0 Å². The number of rotatable bonds is 4. The Morgan fingerprint density at radius 1 is 1.71 bits per heavy atom. The van der Waals surface area contributed by atoms with E-state index >= 15 is 0 Å². The SMILES string of the molecule is NC(CC(=O)c1sccc1Cl)C1CC1. The van der Waals surface area contributed by atoms with Crippen molar-refractivity contribution in [2.45, 2.75) is 25.3 Å². The molecule has 1 aromatic rings. The number of halogens is 1. The summed E-state index contributed by atoms with van der Waals surface area (Å²) in [5, 5.41) is 2.39. The van der Waals surface area contributed by atoms with Crippen LogP contribution in [0.4, 0.5) is 0 Å². The molecule has 1 atom stereocenters. The fourth-order valence-electron chi connectivity index (χ4n) is 1.49. The lowest BCUT2D eigenvalue weighted by molar-refractivity contribution is 0.0975. The molecule has 4 heteroatoms. The Balaban J connectivity index is 1.98. The molecule has 1 saturated carbocycles. The number of carbonyl (C=O) groups excluding carboxylic acids is 1. The van der Waals surface area contributed by atoms with Crippen LogP contribution in [0, 0.1) is 5.92 Å². The summed E-state index contributed by atoms with van der Waals surface area (Å²) >= 11 is 7.26. The highest BCUT2D eigenvalue weighted by molar-refractivity contribution is 7.12. The Hall–Kier alpha value is -0.380. The molecule has 1 aliphatic rings. The van der Waals surface area contributed by atoms with Crippen molar-refractivity contribution in [1.29, 1.82) is 0 Å². The Bertz CT molecular complexity index is 346. The second-order valence-corrected chi connectivity index (χ2v) is 5.05. The lowest BCUT2D eigenvalue weighted by Gasteiger charge is -2.07.